The number of fused-ring (bicyclic) bond motifs is 1. The summed E-state index contributed by atoms with van der Waals surface area (Å²) >= 11 is 0. The maximum Gasteiger partial charge on any atom is 0.236 e. The standard InChI is InChI=1S/C14H25N3O.ClH/c18-14(17-5-3-1-2-4-6-17)11-16-9-12-7-15-8-13(12)10-16;/h12-13,15H,1-11H2;1H/t12-,13+;. The summed E-state index contributed by atoms with van der Waals surface area (Å²) in [5.74, 6) is 1.95. The van der Waals surface area contributed by atoms with E-state index in [-0.39, 0.29) is 12.4 Å². The van der Waals surface area contributed by atoms with Gasteiger partial charge < -0.3 is 10.2 Å². The molecule has 0 aromatic rings. The normalized spacial score (nSPS) is 31.7. The number of nitrogens with one attached hydrogen (secondary N) is 1. The summed E-state index contributed by atoms with van der Waals surface area (Å²) in [7, 11) is 0. The Kier molecular flexibility index (Phi) is 5.48. The summed E-state index contributed by atoms with van der Waals surface area (Å²) in [6, 6.07) is 0. The highest BCUT2D eigenvalue weighted by Crippen LogP contribution is 2.26. The minimum absolute atomic E-state index is 0. The zero-order valence-corrected chi connectivity index (χ0v) is 12.5. The molecule has 110 valence electrons. The van der Waals surface area contributed by atoms with Crippen molar-refractivity contribution in [2.45, 2.75) is 25.7 Å². The number of nitrogens with zero attached hydrogens (tertiary/aromatic N) is 2. The lowest BCUT2D eigenvalue weighted by atomic mass is 10.0. The topological polar surface area (TPSA) is 35.6 Å². The second-order valence-electron chi connectivity index (χ2n) is 6.17. The highest BCUT2D eigenvalue weighted by molar-refractivity contribution is 5.85. The van der Waals surface area contributed by atoms with Gasteiger partial charge in [0.05, 0.1) is 6.54 Å². The number of likely N-dealkylation sites (tertiary alicyclic amines) is 2. The van der Waals surface area contributed by atoms with Crippen LogP contribution in [0.4, 0.5) is 0 Å². The number of carbonyl (C=O) groups is 1. The van der Waals surface area contributed by atoms with E-state index in [0.717, 1.165) is 51.1 Å². The number of hydrogen-bond acceptors (Lipinski definition) is 3. The fraction of sp³-hybridized carbons (Fsp3) is 0.929. The molecule has 3 heterocycles. The van der Waals surface area contributed by atoms with Crippen LogP contribution in [0.3, 0.4) is 0 Å². The van der Waals surface area contributed by atoms with Crippen LogP contribution < -0.4 is 5.32 Å². The van der Waals surface area contributed by atoms with Crippen molar-refractivity contribution in [1.29, 1.82) is 0 Å². The van der Waals surface area contributed by atoms with E-state index in [4.69, 9.17) is 0 Å². The minimum Gasteiger partial charge on any atom is -0.342 e. The van der Waals surface area contributed by atoms with Crippen molar-refractivity contribution >= 4 is 18.3 Å². The Morgan fingerprint density at radius 2 is 1.58 bits per heavy atom. The third-order valence-electron chi connectivity index (χ3n) is 4.78. The summed E-state index contributed by atoms with van der Waals surface area (Å²) in [5.41, 5.74) is 0. The Morgan fingerprint density at radius 3 is 2.16 bits per heavy atom. The first kappa shape index (κ1) is 15.1. The van der Waals surface area contributed by atoms with Crippen molar-refractivity contribution in [3.63, 3.8) is 0 Å². The first-order chi connectivity index (χ1) is 8.83. The molecule has 3 rings (SSSR count). The lowest BCUT2D eigenvalue weighted by Crippen LogP contribution is -2.40. The van der Waals surface area contributed by atoms with Crippen molar-refractivity contribution in [3.05, 3.63) is 0 Å². The molecule has 3 saturated heterocycles. The van der Waals surface area contributed by atoms with Crippen LogP contribution in [0.2, 0.25) is 0 Å². The van der Waals surface area contributed by atoms with Gasteiger partial charge in [-0.1, -0.05) is 12.8 Å². The maximum atomic E-state index is 12.3. The van der Waals surface area contributed by atoms with E-state index in [1.807, 2.05) is 0 Å². The van der Waals surface area contributed by atoms with Gasteiger partial charge in [0, 0.05) is 26.2 Å². The predicted molar refractivity (Wildman–Crippen MR) is 78.6 cm³/mol. The van der Waals surface area contributed by atoms with Crippen LogP contribution in [0.5, 0.6) is 0 Å². The van der Waals surface area contributed by atoms with E-state index >= 15 is 0 Å². The fourth-order valence-electron chi connectivity index (χ4n) is 3.69. The van der Waals surface area contributed by atoms with Gasteiger partial charge in [-0.05, 0) is 37.8 Å². The van der Waals surface area contributed by atoms with Gasteiger partial charge in [0.1, 0.15) is 0 Å². The van der Waals surface area contributed by atoms with Gasteiger partial charge in [-0.2, -0.15) is 0 Å². The Labute approximate surface area is 122 Å². The highest BCUT2D eigenvalue weighted by atomic mass is 35.5. The zero-order chi connectivity index (χ0) is 12.4. The van der Waals surface area contributed by atoms with E-state index in [0.29, 0.717) is 12.5 Å². The first-order valence-corrected chi connectivity index (χ1v) is 7.54. The van der Waals surface area contributed by atoms with Crippen LogP contribution in [-0.2, 0) is 4.79 Å². The SMILES string of the molecule is Cl.O=C(CN1C[C@H]2CNC[C@H]2C1)N1CCCCCC1. The second-order valence-corrected chi connectivity index (χ2v) is 6.17. The Balaban J connectivity index is 0.00000133. The molecule has 0 radical (unpaired) electrons. The number of hydrogen-bond donors (Lipinski definition) is 1. The van der Waals surface area contributed by atoms with Crippen molar-refractivity contribution in [1.82, 2.24) is 15.1 Å². The van der Waals surface area contributed by atoms with Crippen molar-refractivity contribution in [2.75, 3.05) is 45.8 Å². The molecule has 0 aromatic carbocycles. The minimum atomic E-state index is 0. The Morgan fingerprint density at radius 1 is 1.00 bits per heavy atom. The van der Waals surface area contributed by atoms with Crippen LogP contribution in [0.25, 0.3) is 0 Å². The largest absolute Gasteiger partial charge is 0.342 e. The molecule has 0 aromatic heterocycles. The maximum absolute atomic E-state index is 12.3. The molecule has 0 spiro atoms. The quantitative estimate of drug-likeness (QED) is 0.822. The Hall–Kier alpha value is -0.320. The van der Waals surface area contributed by atoms with Gasteiger partial charge >= 0.3 is 0 Å². The monoisotopic (exact) mass is 287 g/mol. The first-order valence-electron chi connectivity index (χ1n) is 7.54. The van der Waals surface area contributed by atoms with Gasteiger partial charge in [0.25, 0.3) is 0 Å². The summed E-state index contributed by atoms with van der Waals surface area (Å²) in [6.45, 7) is 7.18. The third-order valence-corrected chi connectivity index (χ3v) is 4.78. The number of halogens is 1. The second kappa shape index (κ2) is 6.91. The van der Waals surface area contributed by atoms with Gasteiger partial charge in [-0.25, -0.2) is 0 Å². The molecule has 3 fully saturated rings. The van der Waals surface area contributed by atoms with Crippen molar-refractivity contribution in [3.8, 4) is 0 Å². The molecule has 0 bridgehead atoms. The highest BCUT2D eigenvalue weighted by Gasteiger charge is 2.36. The van der Waals surface area contributed by atoms with Crippen molar-refractivity contribution < 1.29 is 4.79 Å². The van der Waals surface area contributed by atoms with E-state index < -0.39 is 0 Å². The molecule has 0 aliphatic carbocycles. The zero-order valence-electron chi connectivity index (χ0n) is 11.6. The molecule has 3 aliphatic rings. The molecule has 2 atom stereocenters. The van der Waals surface area contributed by atoms with Crippen LogP contribution >= 0.6 is 12.4 Å². The molecule has 1 amide bonds. The van der Waals surface area contributed by atoms with E-state index in [2.05, 4.69) is 15.1 Å². The van der Waals surface area contributed by atoms with Gasteiger partial charge in [-0.3, -0.25) is 9.69 Å². The molecule has 3 aliphatic heterocycles. The van der Waals surface area contributed by atoms with E-state index in [1.165, 1.54) is 25.7 Å². The van der Waals surface area contributed by atoms with Crippen LogP contribution in [-0.4, -0.2) is 61.5 Å². The summed E-state index contributed by atoms with van der Waals surface area (Å²) in [4.78, 5) is 16.8. The van der Waals surface area contributed by atoms with Gasteiger partial charge in [0.2, 0.25) is 5.91 Å². The van der Waals surface area contributed by atoms with Gasteiger partial charge in [-0.15, -0.1) is 12.4 Å². The van der Waals surface area contributed by atoms with E-state index in [9.17, 15) is 4.79 Å². The molecule has 4 nitrogen and oxygen atoms in total. The molecular formula is C14H26ClN3O. The molecular weight excluding hydrogens is 262 g/mol. The average Bonchev–Trinajstić information content (AvgIpc) is 2.80. The number of amides is 1. The molecule has 19 heavy (non-hydrogen) atoms. The lowest BCUT2D eigenvalue weighted by molar-refractivity contribution is -0.132. The fourth-order valence-corrected chi connectivity index (χ4v) is 3.69. The molecule has 1 N–H and O–H groups in total. The summed E-state index contributed by atoms with van der Waals surface area (Å²) in [6.07, 6.45) is 4.98. The smallest absolute Gasteiger partial charge is 0.236 e. The van der Waals surface area contributed by atoms with Crippen LogP contribution in [0.15, 0.2) is 0 Å². The molecule has 5 heteroatoms. The number of rotatable bonds is 2. The third kappa shape index (κ3) is 3.61. The van der Waals surface area contributed by atoms with Crippen molar-refractivity contribution in [2.24, 2.45) is 11.8 Å². The average molecular weight is 288 g/mol. The summed E-state index contributed by atoms with van der Waals surface area (Å²) in [5, 5.41) is 3.45. The van der Waals surface area contributed by atoms with Gasteiger partial charge in [0.15, 0.2) is 0 Å². The summed E-state index contributed by atoms with van der Waals surface area (Å²) < 4.78 is 0. The van der Waals surface area contributed by atoms with E-state index in [1.54, 1.807) is 0 Å². The van der Waals surface area contributed by atoms with Crippen LogP contribution in [0, 0.1) is 11.8 Å². The van der Waals surface area contributed by atoms with Crippen LogP contribution in [0.1, 0.15) is 25.7 Å². The molecule has 0 unspecified atom stereocenters. The Bertz CT molecular complexity index is 293. The molecule has 0 saturated carbocycles. The number of carbonyl (C=O) groups excluding carboxylic acids is 1. The predicted octanol–water partition coefficient (Wildman–Crippen LogP) is 0.962. The lowest BCUT2D eigenvalue weighted by Gasteiger charge is -2.24.